The number of pyridine rings is 2. The van der Waals surface area contributed by atoms with Crippen molar-refractivity contribution >= 4 is 45.4 Å². The van der Waals surface area contributed by atoms with E-state index >= 15 is 0 Å². The Bertz CT molecular complexity index is 1140. The second kappa shape index (κ2) is 9.63. The Labute approximate surface area is 182 Å². The van der Waals surface area contributed by atoms with Crippen LogP contribution in [-0.2, 0) is 14.4 Å². The minimum atomic E-state index is -1.49. The highest BCUT2D eigenvalue weighted by molar-refractivity contribution is 6.13. The van der Waals surface area contributed by atoms with Crippen LogP contribution in [-0.4, -0.2) is 55.9 Å². The number of nitrogens with zero attached hydrogens (tertiary/aromatic N) is 3. The summed E-state index contributed by atoms with van der Waals surface area (Å²) in [7, 11) is 0. The van der Waals surface area contributed by atoms with Gasteiger partial charge in [-0.25, -0.2) is 4.39 Å². The molecule has 2 N–H and O–H groups in total. The number of Topliss-reactive ketones (excluding diaryl/α,β-unsaturated/α-hetero) is 1. The Morgan fingerprint density at radius 1 is 1.03 bits per heavy atom. The van der Waals surface area contributed by atoms with E-state index in [9.17, 15) is 23.6 Å². The molecular formula is C22H23FN4O5. The van der Waals surface area contributed by atoms with Crippen LogP contribution in [0.25, 0.3) is 21.8 Å². The summed E-state index contributed by atoms with van der Waals surface area (Å²) >= 11 is 0. The Morgan fingerprint density at radius 2 is 1.59 bits per heavy atom. The lowest BCUT2D eigenvalue weighted by atomic mass is 9.90. The van der Waals surface area contributed by atoms with Crippen LogP contribution in [0, 0.1) is 11.8 Å². The van der Waals surface area contributed by atoms with E-state index in [1.807, 2.05) is 0 Å². The van der Waals surface area contributed by atoms with E-state index in [1.165, 1.54) is 4.57 Å². The van der Waals surface area contributed by atoms with Gasteiger partial charge in [-0.15, -0.1) is 0 Å². The normalized spacial score (nSPS) is 13.2. The maximum absolute atomic E-state index is 13.3. The van der Waals surface area contributed by atoms with Gasteiger partial charge in [0, 0.05) is 47.9 Å². The van der Waals surface area contributed by atoms with E-state index in [0.29, 0.717) is 11.0 Å². The molecule has 3 aromatic heterocycles. The lowest BCUT2D eigenvalue weighted by Crippen LogP contribution is -2.47. The van der Waals surface area contributed by atoms with Gasteiger partial charge in [0.2, 0.25) is 11.8 Å². The molecule has 2 atom stereocenters. The average Bonchev–Trinajstić information content (AvgIpc) is 3.10. The summed E-state index contributed by atoms with van der Waals surface area (Å²) in [5.74, 6) is -4.57. The smallest absolute Gasteiger partial charge is 0.305 e. The molecule has 0 fully saturated rings. The molecule has 0 aliphatic carbocycles. The van der Waals surface area contributed by atoms with Gasteiger partial charge in [-0.05, 0) is 18.1 Å². The zero-order valence-electron chi connectivity index (χ0n) is 17.6. The zero-order chi connectivity index (χ0) is 23.4. The summed E-state index contributed by atoms with van der Waals surface area (Å²) < 4.78 is 14.3. The van der Waals surface area contributed by atoms with Crippen molar-refractivity contribution in [3.8, 4) is 0 Å². The predicted octanol–water partition coefficient (Wildman–Crippen LogP) is 2.39. The number of alkyl halides is 1. The van der Waals surface area contributed by atoms with Crippen LogP contribution in [0.1, 0.15) is 31.5 Å². The Kier molecular flexibility index (Phi) is 6.92. The highest BCUT2D eigenvalue weighted by atomic mass is 19.1. The number of nitrogens with one attached hydrogen (secondary N) is 1. The third-order valence-corrected chi connectivity index (χ3v) is 5.37. The third-order valence-electron chi connectivity index (χ3n) is 5.37. The SMILES string of the molecule is CC(C)C(CC(=O)n1c2ccncc2c2cnccc21)C(=O)NC(CC(=O)O)C(=O)CF. The molecule has 3 heterocycles. The fourth-order valence-electron chi connectivity index (χ4n) is 3.68. The molecule has 32 heavy (non-hydrogen) atoms. The highest BCUT2D eigenvalue weighted by Crippen LogP contribution is 2.29. The minimum absolute atomic E-state index is 0.198. The van der Waals surface area contributed by atoms with Crippen LogP contribution in [0.2, 0.25) is 0 Å². The maximum Gasteiger partial charge on any atom is 0.305 e. The number of aliphatic carboxylic acids is 1. The number of fused-ring (bicyclic) bond motifs is 3. The van der Waals surface area contributed by atoms with Gasteiger partial charge >= 0.3 is 5.97 Å². The van der Waals surface area contributed by atoms with Crippen molar-refractivity contribution in [3.05, 3.63) is 36.9 Å². The molecule has 168 valence electrons. The van der Waals surface area contributed by atoms with Crippen molar-refractivity contribution in [2.24, 2.45) is 11.8 Å². The molecule has 10 heteroatoms. The van der Waals surface area contributed by atoms with E-state index < -0.39 is 42.7 Å². The number of ketones is 1. The predicted molar refractivity (Wildman–Crippen MR) is 114 cm³/mol. The number of carbonyl (C=O) groups excluding carboxylic acids is 3. The van der Waals surface area contributed by atoms with Crippen molar-refractivity contribution in [2.45, 2.75) is 32.7 Å². The molecule has 3 aromatic rings. The van der Waals surface area contributed by atoms with Gasteiger partial charge in [-0.3, -0.25) is 33.7 Å². The molecule has 0 radical (unpaired) electrons. The summed E-state index contributed by atoms with van der Waals surface area (Å²) in [5, 5.41) is 12.8. The first-order valence-corrected chi connectivity index (χ1v) is 10.1. The van der Waals surface area contributed by atoms with Gasteiger partial charge in [0.15, 0.2) is 5.78 Å². The Morgan fingerprint density at radius 3 is 2.06 bits per heavy atom. The Hall–Kier alpha value is -3.69. The van der Waals surface area contributed by atoms with Crippen LogP contribution in [0.5, 0.6) is 0 Å². The largest absolute Gasteiger partial charge is 0.481 e. The molecule has 0 aliphatic heterocycles. The maximum atomic E-state index is 13.3. The van der Waals surface area contributed by atoms with Crippen molar-refractivity contribution in [2.75, 3.05) is 6.67 Å². The number of hydrogen-bond donors (Lipinski definition) is 2. The summed E-state index contributed by atoms with van der Waals surface area (Å²) in [6.45, 7) is 2.08. The van der Waals surface area contributed by atoms with Crippen LogP contribution in [0.4, 0.5) is 4.39 Å². The molecule has 0 spiro atoms. The highest BCUT2D eigenvalue weighted by Gasteiger charge is 2.31. The van der Waals surface area contributed by atoms with E-state index in [0.717, 1.165) is 10.8 Å². The molecule has 2 unspecified atom stereocenters. The van der Waals surface area contributed by atoms with E-state index in [-0.39, 0.29) is 18.2 Å². The van der Waals surface area contributed by atoms with Gasteiger partial charge in [0.25, 0.3) is 0 Å². The number of hydrogen-bond acceptors (Lipinski definition) is 6. The molecular weight excluding hydrogens is 419 g/mol. The first-order chi connectivity index (χ1) is 15.2. The summed E-state index contributed by atoms with van der Waals surface area (Å²) in [4.78, 5) is 57.2. The number of carbonyl (C=O) groups is 4. The van der Waals surface area contributed by atoms with Crippen molar-refractivity contribution < 1.29 is 28.7 Å². The van der Waals surface area contributed by atoms with E-state index in [2.05, 4.69) is 15.3 Å². The second-order valence-electron chi connectivity index (χ2n) is 7.83. The quantitative estimate of drug-likeness (QED) is 0.520. The minimum Gasteiger partial charge on any atom is -0.481 e. The third kappa shape index (κ3) is 4.63. The number of halogens is 1. The van der Waals surface area contributed by atoms with Crippen molar-refractivity contribution in [1.29, 1.82) is 0 Å². The fourth-order valence-corrected chi connectivity index (χ4v) is 3.68. The number of rotatable bonds is 9. The number of carboxylic acids is 1. The monoisotopic (exact) mass is 442 g/mol. The lowest BCUT2D eigenvalue weighted by Gasteiger charge is -2.23. The molecule has 0 aliphatic rings. The summed E-state index contributed by atoms with van der Waals surface area (Å²) in [6, 6.07) is 1.90. The molecule has 0 saturated heterocycles. The Balaban J connectivity index is 1.91. The van der Waals surface area contributed by atoms with Crippen LogP contribution >= 0.6 is 0 Å². The van der Waals surface area contributed by atoms with Gasteiger partial charge < -0.3 is 10.4 Å². The van der Waals surface area contributed by atoms with Gasteiger partial charge in [-0.1, -0.05) is 13.8 Å². The number of carboxylic acid groups (broad SMARTS) is 1. The van der Waals surface area contributed by atoms with Crippen molar-refractivity contribution in [1.82, 2.24) is 19.9 Å². The second-order valence-corrected chi connectivity index (χ2v) is 7.83. The van der Waals surface area contributed by atoms with Gasteiger partial charge in [0.05, 0.1) is 17.5 Å². The van der Waals surface area contributed by atoms with Gasteiger partial charge in [-0.2, -0.15) is 0 Å². The number of aromatic nitrogens is 3. The number of amides is 1. The van der Waals surface area contributed by atoms with Crippen molar-refractivity contribution in [3.63, 3.8) is 0 Å². The molecule has 0 saturated carbocycles. The summed E-state index contributed by atoms with van der Waals surface area (Å²) in [6.07, 6.45) is 5.45. The summed E-state index contributed by atoms with van der Waals surface area (Å²) in [5.41, 5.74) is 1.24. The van der Waals surface area contributed by atoms with E-state index in [1.54, 1.807) is 50.8 Å². The first kappa shape index (κ1) is 23.0. The van der Waals surface area contributed by atoms with Gasteiger partial charge in [0.1, 0.15) is 12.7 Å². The molecule has 0 aromatic carbocycles. The topological polar surface area (TPSA) is 131 Å². The molecule has 0 bridgehead atoms. The van der Waals surface area contributed by atoms with Crippen LogP contribution < -0.4 is 5.32 Å². The average molecular weight is 442 g/mol. The zero-order valence-corrected chi connectivity index (χ0v) is 17.6. The molecule has 9 nitrogen and oxygen atoms in total. The van der Waals surface area contributed by atoms with E-state index in [4.69, 9.17) is 5.11 Å². The molecule has 1 amide bonds. The van der Waals surface area contributed by atoms with Crippen LogP contribution in [0.3, 0.4) is 0 Å². The standard InChI is InChI=1S/C22H23FN4O5/c1-12(2)13(22(32)26-16(8-21(30)31)19(28)9-23)7-20(29)27-17-3-5-24-10-14(17)15-11-25-6-4-18(15)27/h3-6,10-13,16H,7-9H2,1-2H3,(H,26,32)(H,30,31). The molecule has 3 rings (SSSR count). The first-order valence-electron chi connectivity index (χ1n) is 10.1. The lowest BCUT2D eigenvalue weighted by molar-refractivity contribution is -0.140. The van der Waals surface area contributed by atoms with Crippen LogP contribution in [0.15, 0.2) is 36.9 Å². The fraction of sp³-hybridized carbons (Fsp3) is 0.364.